The van der Waals surface area contributed by atoms with Gasteiger partial charge in [-0.15, -0.1) is 0 Å². The van der Waals surface area contributed by atoms with Gasteiger partial charge in [-0.2, -0.15) is 0 Å². The van der Waals surface area contributed by atoms with Gasteiger partial charge in [0, 0.05) is 0 Å². The number of carbonyl (C=O) groups excluding carboxylic acids is 1. The minimum absolute atomic E-state index is 0.0717. The molecule has 1 amide bonds. The van der Waals surface area contributed by atoms with Crippen molar-refractivity contribution in [2.45, 2.75) is 19.0 Å². The topological polar surface area (TPSA) is 44.7 Å². The third-order valence-electron chi connectivity index (χ3n) is 4.04. The molecule has 1 aliphatic carbocycles. The number of hydrogen-bond acceptors (Lipinski definition) is 3. The molecule has 21 heavy (non-hydrogen) atoms. The summed E-state index contributed by atoms with van der Waals surface area (Å²) in [4.78, 5) is 19.0. The van der Waals surface area contributed by atoms with E-state index in [-0.39, 0.29) is 18.0 Å². The minimum atomic E-state index is -0.328. The Morgan fingerprint density at radius 2 is 2.00 bits per heavy atom. The predicted octanol–water partition coefficient (Wildman–Crippen LogP) is 2.22. The lowest BCUT2D eigenvalue weighted by Crippen LogP contribution is -2.42. The third-order valence-corrected chi connectivity index (χ3v) is 4.04. The summed E-state index contributed by atoms with van der Waals surface area (Å²) in [6.07, 6.45) is 9.59. The van der Waals surface area contributed by atoms with Gasteiger partial charge in [0.05, 0.1) is 18.0 Å². The van der Waals surface area contributed by atoms with Crippen LogP contribution in [0.25, 0.3) is 0 Å². The first kappa shape index (κ1) is 12.1. The van der Waals surface area contributed by atoms with E-state index in [1.807, 2.05) is 55.5 Å². The number of rotatable bonds is 1. The fourth-order valence-corrected chi connectivity index (χ4v) is 2.90. The molecule has 0 bridgehead atoms. The van der Waals surface area contributed by atoms with Crippen LogP contribution >= 0.6 is 0 Å². The van der Waals surface area contributed by atoms with Gasteiger partial charge in [-0.05, 0) is 18.6 Å². The van der Waals surface area contributed by atoms with Crippen molar-refractivity contribution in [1.29, 1.82) is 0 Å². The van der Waals surface area contributed by atoms with Crippen molar-refractivity contribution >= 4 is 11.6 Å². The first-order chi connectivity index (χ1) is 10.2. The van der Waals surface area contributed by atoms with Crippen LogP contribution in [-0.4, -0.2) is 22.6 Å². The summed E-state index contributed by atoms with van der Waals surface area (Å²) in [6, 6.07) is 7.64. The average molecular weight is 277 g/mol. The largest absolute Gasteiger partial charge is 0.355 e. The smallest absolute Gasteiger partial charge is 0.256 e. The number of fused-ring (bicyclic) bond motifs is 3. The molecule has 1 N–H and O–H groups in total. The van der Waals surface area contributed by atoms with Gasteiger partial charge in [-0.1, -0.05) is 48.1 Å². The van der Waals surface area contributed by atoms with Crippen LogP contribution in [0.4, 0.5) is 0 Å². The van der Waals surface area contributed by atoms with Gasteiger partial charge in [0.25, 0.3) is 5.91 Å². The maximum Gasteiger partial charge on any atom is 0.256 e. The molecule has 2 heterocycles. The van der Waals surface area contributed by atoms with E-state index in [1.165, 1.54) is 5.56 Å². The number of nitrogens with one attached hydrogen (secondary N) is 1. The Morgan fingerprint density at radius 1 is 1.19 bits per heavy atom. The van der Waals surface area contributed by atoms with Crippen LogP contribution < -0.4 is 5.32 Å². The van der Waals surface area contributed by atoms with Crippen molar-refractivity contribution in [3.8, 4) is 0 Å². The summed E-state index contributed by atoms with van der Waals surface area (Å²) in [5, 5.41) is 3.28. The molecule has 2 unspecified atom stereocenters. The van der Waals surface area contributed by atoms with E-state index in [9.17, 15) is 4.79 Å². The van der Waals surface area contributed by atoms with Crippen LogP contribution in [0.1, 0.15) is 17.2 Å². The van der Waals surface area contributed by atoms with E-state index in [0.29, 0.717) is 0 Å². The van der Waals surface area contributed by atoms with Crippen LogP contribution in [0.15, 0.2) is 65.6 Å². The summed E-state index contributed by atoms with van der Waals surface area (Å²) in [6.45, 7) is 2.04. The van der Waals surface area contributed by atoms with Crippen LogP contribution in [0.3, 0.4) is 0 Å². The number of hydrogen-bond donors (Lipinski definition) is 1. The van der Waals surface area contributed by atoms with Crippen molar-refractivity contribution in [1.82, 2.24) is 10.2 Å². The van der Waals surface area contributed by atoms with Gasteiger partial charge in [0.2, 0.25) is 0 Å². The Hall–Kier alpha value is -2.62. The van der Waals surface area contributed by atoms with Crippen molar-refractivity contribution in [2.75, 3.05) is 0 Å². The highest BCUT2D eigenvalue weighted by molar-refractivity contribution is 6.06. The second-order valence-corrected chi connectivity index (χ2v) is 5.45. The van der Waals surface area contributed by atoms with E-state index in [1.54, 1.807) is 11.1 Å². The molecule has 4 nitrogen and oxygen atoms in total. The van der Waals surface area contributed by atoms with Gasteiger partial charge < -0.3 is 5.32 Å². The summed E-state index contributed by atoms with van der Waals surface area (Å²) in [7, 11) is 0. The minimum Gasteiger partial charge on any atom is -0.355 e. The highest BCUT2D eigenvalue weighted by Gasteiger charge is 2.42. The normalized spacial score (nSPS) is 26.0. The van der Waals surface area contributed by atoms with Crippen molar-refractivity contribution < 1.29 is 4.79 Å². The average Bonchev–Trinajstić information content (AvgIpc) is 2.86. The van der Waals surface area contributed by atoms with Gasteiger partial charge in [0.1, 0.15) is 11.9 Å². The molecule has 1 saturated heterocycles. The molecule has 104 valence electrons. The van der Waals surface area contributed by atoms with E-state index in [2.05, 4.69) is 10.3 Å². The molecule has 4 rings (SSSR count). The Kier molecular flexibility index (Phi) is 2.57. The molecule has 3 aliphatic rings. The fourth-order valence-electron chi connectivity index (χ4n) is 2.90. The second kappa shape index (κ2) is 4.45. The lowest BCUT2D eigenvalue weighted by Gasteiger charge is -2.29. The molecular weight excluding hydrogens is 262 g/mol. The number of aliphatic imine (C=N–C) groups is 1. The molecule has 2 aliphatic heterocycles. The molecule has 0 spiro atoms. The molecule has 1 aromatic rings. The van der Waals surface area contributed by atoms with E-state index < -0.39 is 0 Å². The van der Waals surface area contributed by atoms with E-state index >= 15 is 0 Å². The lowest BCUT2D eigenvalue weighted by atomic mass is 10.0. The Labute approximate surface area is 123 Å². The number of aryl methyl sites for hydroxylation is 1. The Balaban J connectivity index is 1.69. The summed E-state index contributed by atoms with van der Waals surface area (Å²) < 4.78 is 0. The molecular formula is C17H15N3O. The summed E-state index contributed by atoms with van der Waals surface area (Å²) >= 11 is 0. The molecule has 0 aromatic heterocycles. The molecule has 4 heteroatoms. The number of amides is 1. The number of allylic oxidation sites excluding steroid dienone is 2. The van der Waals surface area contributed by atoms with Gasteiger partial charge in [0.15, 0.2) is 0 Å². The SMILES string of the molecule is Cc1ccc(C2NC3=CN=C4C=CC=CC4N3C2=O)cc1. The fraction of sp³-hybridized carbons (Fsp3) is 0.176. The highest BCUT2D eigenvalue weighted by Crippen LogP contribution is 2.31. The molecule has 2 atom stereocenters. The zero-order valence-corrected chi connectivity index (χ0v) is 11.7. The van der Waals surface area contributed by atoms with Crippen molar-refractivity contribution in [3.63, 3.8) is 0 Å². The quantitative estimate of drug-likeness (QED) is 0.855. The monoisotopic (exact) mass is 277 g/mol. The van der Waals surface area contributed by atoms with Crippen LogP contribution in [0.2, 0.25) is 0 Å². The first-order valence-electron chi connectivity index (χ1n) is 7.03. The molecule has 1 fully saturated rings. The molecule has 1 aromatic carbocycles. The predicted molar refractivity (Wildman–Crippen MR) is 81.5 cm³/mol. The maximum absolute atomic E-state index is 12.8. The zero-order valence-electron chi connectivity index (χ0n) is 11.7. The van der Waals surface area contributed by atoms with Gasteiger partial charge >= 0.3 is 0 Å². The number of nitrogens with zero attached hydrogens (tertiary/aromatic N) is 2. The Bertz CT molecular complexity index is 725. The summed E-state index contributed by atoms with van der Waals surface area (Å²) in [5.74, 6) is 0.849. The standard InChI is InChI=1S/C17H15N3O/c1-11-6-8-12(9-7-11)16-17(21)20-14-5-3-2-4-13(14)18-10-15(20)19-16/h2-10,14,16,19H,1H3. The molecule has 0 radical (unpaired) electrons. The maximum atomic E-state index is 12.8. The molecule has 0 saturated carbocycles. The number of carbonyl (C=O) groups is 1. The Morgan fingerprint density at radius 3 is 2.81 bits per heavy atom. The first-order valence-corrected chi connectivity index (χ1v) is 7.03. The van der Waals surface area contributed by atoms with Crippen LogP contribution in [-0.2, 0) is 4.79 Å². The number of benzene rings is 1. The zero-order chi connectivity index (χ0) is 14.4. The highest BCUT2D eigenvalue weighted by atomic mass is 16.2. The van der Waals surface area contributed by atoms with E-state index in [0.717, 1.165) is 17.1 Å². The summed E-state index contributed by atoms with van der Waals surface area (Å²) in [5.41, 5.74) is 3.07. The van der Waals surface area contributed by atoms with Crippen molar-refractivity contribution in [3.05, 3.63) is 71.7 Å². The van der Waals surface area contributed by atoms with Gasteiger partial charge in [-0.25, -0.2) is 0 Å². The van der Waals surface area contributed by atoms with Crippen LogP contribution in [0.5, 0.6) is 0 Å². The second-order valence-electron chi connectivity index (χ2n) is 5.45. The lowest BCUT2D eigenvalue weighted by molar-refractivity contribution is -0.128. The van der Waals surface area contributed by atoms with E-state index in [4.69, 9.17) is 0 Å². The van der Waals surface area contributed by atoms with Crippen molar-refractivity contribution in [2.24, 2.45) is 4.99 Å². The van der Waals surface area contributed by atoms with Gasteiger partial charge in [-0.3, -0.25) is 14.7 Å². The third kappa shape index (κ3) is 1.83. The van der Waals surface area contributed by atoms with Crippen LogP contribution in [0, 0.1) is 6.92 Å².